The average Bonchev–Trinajstić information content (AvgIpc) is 2.26. The molecule has 0 radical (unpaired) electrons. The van der Waals surface area contributed by atoms with E-state index in [9.17, 15) is 14.7 Å². The highest BCUT2D eigenvalue weighted by Crippen LogP contribution is 2.26. The van der Waals surface area contributed by atoms with Crippen molar-refractivity contribution < 1.29 is 19.8 Å². The topological polar surface area (TPSA) is 104 Å². The Kier molecular flexibility index (Phi) is 2.17. The zero-order valence-electron chi connectivity index (χ0n) is 7.23. The molecule has 0 bridgehead atoms. The number of nitrogens with two attached hydrogens (primary N) is 1. The van der Waals surface area contributed by atoms with E-state index in [1.54, 1.807) is 0 Å². The molecule has 6 heteroatoms. The molecule has 6 nitrogen and oxygen atoms in total. The van der Waals surface area contributed by atoms with Crippen LogP contribution >= 0.6 is 0 Å². The van der Waals surface area contributed by atoms with Crippen LogP contribution in [0.15, 0.2) is 0 Å². The van der Waals surface area contributed by atoms with Crippen LogP contribution in [0.25, 0.3) is 0 Å². The molecule has 2 amide bonds. The molecule has 1 heterocycles. The van der Waals surface area contributed by atoms with Crippen LogP contribution in [0.4, 0.5) is 4.79 Å². The van der Waals surface area contributed by atoms with Crippen LogP contribution < -0.4 is 5.73 Å². The number of nitrogens with zero attached hydrogens (tertiary/aromatic N) is 1. The molecule has 0 aromatic rings. The molecule has 2 atom stereocenters. The van der Waals surface area contributed by atoms with Gasteiger partial charge in [0.25, 0.3) is 0 Å². The van der Waals surface area contributed by atoms with Gasteiger partial charge in [-0.2, -0.15) is 0 Å². The lowest BCUT2D eigenvalue weighted by Crippen LogP contribution is -2.43. The van der Waals surface area contributed by atoms with Crippen molar-refractivity contribution in [1.82, 2.24) is 4.90 Å². The Bertz CT molecular complexity index is 227. The first-order valence-corrected chi connectivity index (χ1v) is 3.85. The van der Waals surface area contributed by atoms with E-state index in [0.717, 1.165) is 4.90 Å². The van der Waals surface area contributed by atoms with Crippen molar-refractivity contribution in [3.05, 3.63) is 0 Å². The van der Waals surface area contributed by atoms with Crippen molar-refractivity contribution in [3.63, 3.8) is 0 Å². The monoisotopic (exact) mass is 188 g/mol. The molecule has 1 aliphatic heterocycles. The third kappa shape index (κ3) is 1.89. The second kappa shape index (κ2) is 2.88. The summed E-state index contributed by atoms with van der Waals surface area (Å²) in [6, 6.07) is -0.910. The van der Waals surface area contributed by atoms with Gasteiger partial charge in [0.2, 0.25) is 5.91 Å². The van der Waals surface area contributed by atoms with Crippen molar-refractivity contribution in [2.24, 2.45) is 5.73 Å². The van der Waals surface area contributed by atoms with Crippen molar-refractivity contribution in [2.75, 3.05) is 6.54 Å². The molecule has 0 aromatic carbocycles. The minimum absolute atomic E-state index is 0.0641. The van der Waals surface area contributed by atoms with E-state index in [1.807, 2.05) is 0 Å². The molecule has 0 spiro atoms. The van der Waals surface area contributed by atoms with Crippen molar-refractivity contribution in [1.29, 1.82) is 0 Å². The summed E-state index contributed by atoms with van der Waals surface area (Å²) in [5.74, 6) is -0.722. The number of aliphatic hydroxyl groups is 1. The molecule has 1 aliphatic rings. The Hall–Kier alpha value is -1.30. The number of carboxylic acid groups (broad SMARTS) is 1. The van der Waals surface area contributed by atoms with Gasteiger partial charge in [-0.25, -0.2) is 4.79 Å². The molecule has 0 aliphatic carbocycles. The fourth-order valence-corrected chi connectivity index (χ4v) is 1.52. The van der Waals surface area contributed by atoms with E-state index < -0.39 is 23.6 Å². The molecule has 4 N–H and O–H groups in total. The van der Waals surface area contributed by atoms with E-state index in [1.165, 1.54) is 6.92 Å². The summed E-state index contributed by atoms with van der Waals surface area (Å²) in [4.78, 5) is 22.3. The molecule has 13 heavy (non-hydrogen) atoms. The van der Waals surface area contributed by atoms with Gasteiger partial charge in [0.05, 0.1) is 12.1 Å². The number of likely N-dealkylation sites (tertiary alicyclic amines) is 1. The number of carbonyl (C=O) groups excluding carboxylic acids is 1. The lowest BCUT2D eigenvalue weighted by Gasteiger charge is -2.17. The van der Waals surface area contributed by atoms with E-state index in [4.69, 9.17) is 10.8 Å². The summed E-state index contributed by atoms with van der Waals surface area (Å²) in [6.07, 6.45) is -1.17. The maximum atomic E-state index is 10.8. The van der Waals surface area contributed by atoms with Gasteiger partial charge in [0, 0.05) is 6.42 Å². The van der Waals surface area contributed by atoms with Crippen molar-refractivity contribution in [2.45, 2.75) is 25.0 Å². The van der Waals surface area contributed by atoms with E-state index in [0.29, 0.717) is 0 Å². The Morgan fingerprint density at radius 3 is 2.46 bits per heavy atom. The van der Waals surface area contributed by atoms with Crippen molar-refractivity contribution in [3.8, 4) is 0 Å². The van der Waals surface area contributed by atoms with Crippen LogP contribution in [0.1, 0.15) is 13.3 Å². The van der Waals surface area contributed by atoms with E-state index in [-0.39, 0.29) is 13.0 Å². The number of hydrogen-bond acceptors (Lipinski definition) is 3. The summed E-state index contributed by atoms with van der Waals surface area (Å²) in [7, 11) is 0. The third-order valence-corrected chi connectivity index (χ3v) is 2.09. The first kappa shape index (κ1) is 9.79. The number of primary amides is 1. The first-order chi connectivity index (χ1) is 5.83. The maximum Gasteiger partial charge on any atom is 0.408 e. The average molecular weight is 188 g/mol. The predicted molar refractivity (Wildman–Crippen MR) is 43.0 cm³/mol. The smallest absolute Gasteiger partial charge is 0.408 e. The Labute approximate surface area is 74.9 Å². The minimum atomic E-state index is -1.23. The Morgan fingerprint density at radius 2 is 2.15 bits per heavy atom. The molecule has 1 fully saturated rings. The largest absolute Gasteiger partial charge is 0.465 e. The molecular weight excluding hydrogens is 176 g/mol. The van der Waals surface area contributed by atoms with Gasteiger partial charge in [-0.3, -0.25) is 9.69 Å². The summed E-state index contributed by atoms with van der Waals surface area (Å²) in [5.41, 5.74) is 3.84. The summed E-state index contributed by atoms with van der Waals surface area (Å²) < 4.78 is 0. The lowest BCUT2D eigenvalue weighted by molar-refractivity contribution is -0.121. The molecule has 1 rings (SSSR count). The van der Waals surface area contributed by atoms with Gasteiger partial charge < -0.3 is 15.9 Å². The maximum absolute atomic E-state index is 10.8. The predicted octanol–water partition coefficient (Wildman–Crippen LogP) is -1.02. The van der Waals surface area contributed by atoms with Gasteiger partial charge in [-0.05, 0) is 6.92 Å². The van der Waals surface area contributed by atoms with E-state index in [2.05, 4.69) is 0 Å². The molecular formula is C7H12N2O4. The van der Waals surface area contributed by atoms with Crippen LogP contribution in [0.5, 0.6) is 0 Å². The fourth-order valence-electron chi connectivity index (χ4n) is 1.52. The highest BCUT2D eigenvalue weighted by molar-refractivity contribution is 5.84. The number of carbonyl (C=O) groups is 2. The molecule has 0 aromatic heterocycles. The SMILES string of the molecule is CC1(O)CC(C(N)=O)N(C(=O)O)C1. The number of rotatable bonds is 1. The number of β-amino-alcohol motifs (C(OH)–C–C–N with tert-alkyl or cyclic N) is 1. The quantitative estimate of drug-likeness (QED) is 0.489. The normalized spacial score (nSPS) is 33.4. The number of amides is 2. The van der Waals surface area contributed by atoms with Crippen LogP contribution in [0.3, 0.4) is 0 Å². The van der Waals surface area contributed by atoms with E-state index >= 15 is 0 Å². The fraction of sp³-hybridized carbons (Fsp3) is 0.714. The van der Waals surface area contributed by atoms with Gasteiger partial charge in [0.1, 0.15) is 6.04 Å². The zero-order chi connectivity index (χ0) is 10.2. The van der Waals surface area contributed by atoms with Crippen LogP contribution in [0, 0.1) is 0 Å². The molecule has 0 saturated carbocycles. The standard InChI is InChI=1S/C7H12N2O4/c1-7(13)2-4(5(8)10)9(3-7)6(11)12/h4,13H,2-3H2,1H3,(H2,8,10)(H,11,12). The lowest BCUT2D eigenvalue weighted by atomic mass is 10.0. The van der Waals surface area contributed by atoms with Gasteiger partial charge in [-0.1, -0.05) is 0 Å². The third-order valence-electron chi connectivity index (χ3n) is 2.09. The highest BCUT2D eigenvalue weighted by atomic mass is 16.4. The summed E-state index contributed by atoms with van der Waals surface area (Å²) in [6.45, 7) is 1.40. The van der Waals surface area contributed by atoms with Crippen LogP contribution in [-0.4, -0.2) is 45.3 Å². The van der Waals surface area contributed by atoms with Gasteiger partial charge in [-0.15, -0.1) is 0 Å². The Morgan fingerprint density at radius 1 is 1.62 bits per heavy atom. The zero-order valence-corrected chi connectivity index (χ0v) is 7.23. The number of hydrogen-bond donors (Lipinski definition) is 3. The molecule has 2 unspecified atom stereocenters. The van der Waals surface area contributed by atoms with Gasteiger partial charge >= 0.3 is 6.09 Å². The second-order valence-corrected chi connectivity index (χ2v) is 3.53. The summed E-state index contributed by atoms with van der Waals surface area (Å²) >= 11 is 0. The van der Waals surface area contributed by atoms with Gasteiger partial charge in [0.15, 0.2) is 0 Å². The molecule has 74 valence electrons. The van der Waals surface area contributed by atoms with Crippen LogP contribution in [0.2, 0.25) is 0 Å². The van der Waals surface area contributed by atoms with Crippen LogP contribution in [-0.2, 0) is 4.79 Å². The summed E-state index contributed by atoms with van der Waals surface area (Å²) in [5, 5.41) is 18.2. The Balaban J connectivity index is 2.83. The highest BCUT2D eigenvalue weighted by Gasteiger charge is 2.44. The second-order valence-electron chi connectivity index (χ2n) is 3.53. The first-order valence-electron chi connectivity index (χ1n) is 3.85. The molecule has 1 saturated heterocycles. The van der Waals surface area contributed by atoms with Crippen molar-refractivity contribution >= 4 is 12.0 Å². The minimum Gasteiger partial charge on any atom is -0.465 e.